The third-order valence-corrected chi connectivity index (χ3v) is 6.51. The first-order valence-electron chi connectivity index (χ1n) is 9.86. The Hall–Kier alpha value is -0.920. The molecule has 0 aromatic heterocycles. The van der Waals surface area contributed by atoms with Crippen LogP contribution in [0.5, 0.6) is 0 Å². The summed E-state index contributed by atoms with van der Waals surface area (Å²) < 4.78 is 28.0. The molecule has 0 radical (unpaired) electrons. The molecule has 0 bridgehead atoms. The Bertz CT molecular complexity index is 724. The van der Waals surface area contributed by atoms with Crippen molar-refractivity contribution >= 4 is 15.9 Å². The van der Waals surface area contributed by atoms with E-state index in [2.05, 4.69) is 58.1 Å². The molecule has 1 N–H and O–H groups in total. The van der Waals surface area contributed by atoms with Gasteiger partial charge in [-0.15, -0.1) is 0 Å². The highest BCUT2D eigenvalue weighted by molar-refractivity contribution is 7.89. The van der Waals surface area contributed by atoms with E-state index in [0.29, 0.717) is 13.1 Å². The molecule has 6 nitrogen and oxygen atoms in total. The van der Waals surface area contributed by atoms with Crippen molar-refractivity contribution in [3.63, 3.8) is 0 Å². The molecule has 0 spiro atoms. The number of rotatable bonds is 5. The van der Waals surface area contributed by atoms with Crippen LogP contribution in [0.25, 0.3) is 0 Å². The lowest BCUT2D eigenvalue weighted by atomic mass is 9.79. The van der Waals surface area contributed by atoms with Gasteiger partial charge in [-0.3, -0.25) is 4.99 Å². The number of hydrogen-bond donors (Lipinski definition) is 1. The van der Waals surface area contributed by atoms with Gasteiger partial charge in [0.25, 0.3) is 0 Å². The van der Waals surface area contributed by atoms with Crippen molar-refractivity contribution in [1.82, 2.24) is 14.5 Å². The summed E-state index contributed by atoms with van der Waals surface area (Å²) in [6.07, 6.45) is 0.729. The lowest BCUT2D eigenvalue weighted by Crippen LogP contribution is -2.45. The molecule has 2 aliphatic heterocycles. The van der Waals surface area contributed by atoms with E-state index in [9.17, 15) is 8.42 Å². The minimum absolute atomic E-state index is 0.00139. The zero-order valence-electron chi connectivity index (χ0n) is 18.5. The minimum atomic E-state index is -3.30. The highest BCUT2D eigenvalue weighted by Crippen LogP contribution is 2.42. The summed E-state index contributed by atoms with van der Waals surface area (Å²) in [5, 5.41) is 0. The van der Waals surface area contributed by atoms with Crippen molar-refractivity contribution in [2.24, 2.45) is 15.8 Å². The number of amidine groups is 1. The maximum absolute atomic E-state index is 12.5. The molecule has 1 fully saturated rings. The summed E-state index contributed by atoms with van der Waals surface area (Å²) >= 11 is 0. The Morgan fingerprint density at radius 1 is 1.15 bits per heavy atom. The van der Waals surface area contributed by atoms with Gasteiger partial charge in [0.15, 0.2) is 0 Å². The molecular weight excluding hydrogens is 360 g/mol. The molecule has 2 aliphatic rings. The number of aliphatic imine (C=N–C) groups is 1. The van der Waals surface area contributed by atoms with Crippen molar-refractivity contribution in [2.45, 2.75) is 67.0 Å². The van der Waals surface area contributed by atoms with Crippen molar-refractivity contribution in [1.29, 1.82) is 0 Å². The van der Waals surface area contributed by atoms with Crippen molar-refractivity contribution < 1.29 is 8.42 Å². The van der Waals surface area contributed by atoms with Gasteiger partial charge < -0.3 is 9.80 Å². The molecule has 0 aromatic rings. The van der Waals surface area contributed by atoms with Gasteiger partial charge in [-0.2, -0.15) is 0 Å². The monoisotopic (exact) mass is 398 g/mol. The van der Waals surface area contributed by atoms with Crippen LogP contribution in [0.3, 0.4) is 0 Å². The normalized spacial score (nSPS) is 24.5. The Labute approximate surface area is 166 Å². The van der Waals surface area contributed by atoms with E-state index in [-0.39, 0.29) is 28.7 Å². The van der Waals surface area contributed by atoms with E-state index < -0.39 is 10.0 Å². The van der Waals surface area contributed by atoms with Crippen molar-refractivity contribution in [2.75, 3.05) is 32.9 Å². The van der Waals surface area contributed by atoms with Crippen molar-refractivity contribution in [3.8, 4) is 0 Å². The summed E-state index contributed by atoms with van der Waals surface area (Å²) in [5.74, 6) is 1.19. The predicted molar refractivity (Wildman–Crippen MR) is 113 cm³/mol. The summed E-state index contributed by atoms with van der Waals surface area (Å²) in [5.41, 5.74) is 2.50. The number of nitrogens with one attached hydrogen (secondary N) is 1. The predicted octanol–water partition coefficient (Wildman–Crippen LogP) is 2.69. The van der Waals surface area contributed by atoms with Crippen LogP contribution in [0.15, 0.2) is 16.3 Å². The molecule has 2 atom stereocenters. The van der Waals surface area contributed by atoms with Crippen LogP contribution >= 0.6 is 0 Å². The van der Waals surface area contributed by atoms with Gasteiger partial charge in [-0.1, -0.05) is 41.5 Å². The Kier molecular flexibility index (Phi) is 6.20. The smallest absolute Gasteiger partial charge is 0.213 e. The first-order valence-corrected chi connectivity index (χ1v) is 11.5. The summed E-state index contributed by atoms with van der Waals surface area (Å²) in [4.78, 5) is 9.21. The van der Waals surface area contributed by atoms with Crippen LogP contribution in [0.4, 0.5) is 0 Å². The van der Waals surface area contributed by atoms with Crippen LogP contribution in [-0.2, 0) is 10.0 Å². The average molecular weight is 399 g/mol. The first-order chi connectivity index (χ1) is 12.1. The fourth-order valence-electron chi connectivity index (χ4n) is 4.12. The Balaban J connectivity index is 2.33. The van der Waals surface area contributed by atoms with Gasteiger partial charge in [-0.05, 0) is 32.0 Å². The maximum atomic E-state index is 12.5. The fourth-order valence-corrected chi connectivity index (χ4v) is 5.51. The summed E-state index contributed by atoms with van der Waals surface area (Å²) in [6.45, 7) is 16.5. The molecule has 2 heterocycles. The molecular formula is C20H38N4O2S. The van der Waals surface area contributed by atoms with Gasteiger partial charge in [0.2, 0.25) is 10.0 Å². The Morgan fingerprint density at radius 2 is 1.74 bits per heavy atom. The highest BCUT2D eigenvalue weighted by atomic mass is 32.2. The minimum Gasteiger partial charge on any atom is -0.332 e. The molecule has 7 heteroatoms. The van der Waals surface area contributed by atoms with Crippen LogP contribution in [0, 0.1) is 10.8 Å². The third-order valence-electron chi connectivity index (χ3n) is 5.10. The van der Waals surface area contributed by atoms with E-state index in [0.717, 1.165) is 12.3 Å². The van der Waals surface area contributed by atoms with E-state index in [4.69, 9.17) is 4.99 Å². The van der Waals surface area contributed by atoms with E-state index in [1.165, 1.54) is 11.3 Å². The molecule has 0 aliphatic carbocycles. The zero-order valence-corrected chi connectivity index (χ0v) is 19.4. The lowest BCUT2D eigenvalue weighted by Gasteiger charge is -2.41. The molecule has 0 unspecified atom stereocenters. The highest BCUT2D eigenvalue weighted by Gasteiger charge is 2.43. The number of sulfonamides is 1. The molecule has 27 heavy (non-hydrogen) atoms. The average Bonchev–Trinajstić information content (AvgIpc) is 2.83. The third kappa shape index (κ3) is 5.33. The largest absolute Gasteiger partial charge is 0.332 e. The van der Waals surface area contributed by atoms with Gasteiger partial charge >= 0.3 is 0 Å². The van der Waals surface area contributed by atoms with E-state index in [1.54, 1.807) is 0 Å². The maximum Gasteiger partial charge on any atom is 0.213 e. The van der Waals surface area contributed by atoms with Gasteiger partial charge in [0.05, 0.1) is 11.8 Å². The quantitative estimate of drug-likeness (QED) is 0.773. The van der Waals surface area contributed by atoms with Gasteiger partial charge in [-0.25, -0.2) is 13.1 Å². The Morgan fingerprint density at radius 3 is 2.22 bits per heavy atom. The number of hydrogen-bond acceptors (Lipinski definition) is 5. The second kappa shape index (κ2) is 7.48. The molecule has 156 valence electrons. The molecule has 0 saturated carbocycles. The second-order valence-corrected chi connectivity index (χ2v) is 12.1. The molecule has 0 aromatic carbocycles. The molecule has 1 saturated heterocycles. The summed E-state index contributed by atoms with van der Waals surface area (Å²) in [7, 11) is 0.473. The van der Waals surface area contributed by atoms with Crippen LogP contribution in [-0.4, -0.2) is 69.1 Å². The second-order valence-electron chi connectivity index (χ2n) is 10.2. The lowest BCUT2D eigenvalue weighted by molar-refractivity contribution is 0.393. The van der Waals surface area contributed by atoms with Crippen LogP contribution in [0.1, 0.15) is 54.9 Å². The first kappa shape index (κ1) is 22.4. The topological polar surface area (TPSA) is 65.0 Å². The number of nitrogens with zero attached hydrogens (tertiary/aromatic N) is 3. The van der Waals surface area contributed by atoms with Crippen molar-refractivity contribution in [3.05, 3.63) is 11.3 Å². The summed E-state index contributed by atoms with van der Waals surface area (Å²) in [6, 6.07) is 0.0111. The van der Waals surface area contributed by atoms with Crippen LogP contribution in [0.2, 0.25) is 0 Å². The number of fused-ring (bicyclic) bond motifs is 1. The molecule has 2 rings (SSSR count). The van der Waals surface area contributed by atoms with Crippen LogP contribution < -0.4 is 4.72 Å². The fraction of sp³-hybridized carbons (Fsp3) is 0.850. The molecule has 0 amide bonds. The zero-order chi connectivity index (χ0) is 20.8. The SMILES string of the molecule is C[C@@H]1N=C(C(C)(C)C)N2C[C@@H](NS(=O)(=O)CCN(C)C)CC2=C1C(C)(C)C. The van der Waals surface area contributed by atoms with Gasteiger partial charge in [0.1, 0.15) is 5.84 Å². The van der Waals surface area contributed by atoms with E-state index in [1.807, 2.05) is 19.0 Å². The van der Waals surface area contributed by atoms with E-state index >= 15 is 0 Å². The standard InChI is InChI=1S/C20H38N4O2S/c1-14-17(19(2,3)4)16-12-15(22-27(25,26)11-10-23(8)9)13-24(16)18(21-14)20(5,6)7/h14-15,22H,10-13H2,1-9H3/t14-,15-/m0/s1. The van der Waals surface area contributed by atoms with Gasteiger partial charge in [0, 0.05) is 36.7 Å².